The maximum Gasteiger partial charge on any atom is 0.338 e. The third-order valence-electron chi connectivity index (χ3n) is 5.66. The largest absolute Gasteiger partial charge is 0.460 e. The summed E-state index contributed by atoms with van der Waals surface area (Å²) in [6, 6.07) is 15.6. The van der Waals surface area contributed by atoms with Gasteiger partial charge in [-0.05, 0) is 36.6 Å². The fourth-order valence-corrected chi connectivity index (χ4v) is 3.88. The molecule has 0 bridgehead atoms. The molecule has 1 aliphatic heterocycles. The van der Waals surface area contributed by atoms with Crippen LogP contribution in [0.4, 0.5) is 10.5 Å². The topological polar surface area (TPSA) is 106 Å². The van der Waals surface area contributed by atoms with Crippen LogP contribution < -0.4 is 10.6 Å². The smallest absolute Gasteiger partial charge is 0.338 e. The Labute approximate surface area is 211 Å². The molecule has 0 saturated heterocycles. The predicted octanol–water partition coefficient (Wildman–Crippen LogP) is 3.78. The van der Waals surface area contributed by atoms with E-state index in [1.807, 2.05) is 37.3 Å². The van der Waals surface area contributed by atoms with Crippen molar-refractivity contribution in [2.24, 2.45) is 0 Å². The summed E-state index contributed by atoms with van der Waals surface area (Å²) in [4.78, 5) is 39.5. The number of amides is 3. The molecule has 3 rings (SSSR count). The minimum atomic E-state index is -0.681. The number of allylic oxidation sites excluding steroid dienone is 1. The Morgan fingerprint density at radius 2 is 1.78 bits per heavy atom. The molecular formula is C27H33N3O6. The van der Waals surface area contributed by atoms with Crippen LogP contribution in [0.5, 0.6) is 0 Å². The van der Waals surface area contributed by atoms with Crippen LogP contribution in [0.25, 0.3) is 0 Å². The Balaban J connectivity index is 1.69. The normalized spacial score (nSPS) is 15.5. The number of benzene rings is 2. The van der Waals surface area contributed by atoms with Gasteiger partial charge in [0.1, 0.15) is 13.2 Å². The van der Waals surface area contributed by atoms with E-state index in [1.54, 1.807) is 36.1 Å². The lowest BCUT2D eigenvalue weighted by molar-refractivity contribution is -0.141. The van der Waals surface area contributed by atoms with Gasteiger partial charge in [-0.1, -0.05) is 49.4 Å². The zero-order valence-electron chi connectivity index (χ0n) is 20.9. The number of carbonyl (C=O) groups excluding carboxylic acids is 3. The number of nitrogens with one attached hydrogen (secondary N) is 2. The number of methoxy groups -OCH3 is 1. The molecule has 1 unspecified atom stereocenters. The molecular weight excluding hydrogens is 462 g/mol. The number of rotatable bonds is 12. The van der Waals surface area contributed by atoms with Gasteiger partial charge in [-0.25, -0.2) is 9.59 Å². The maximum absolute atomic E-state index is 13.0. The lowest BCUT2D eigenvalue weighted by Gasteiger charge is -2.35. The molecule has 0 spiro atoms. The minimum Gasteiger partial charge on any atom is -0.460 e. The second-order valence-electron chi connectivity index (χ2n) is 8.31. The van der Waals surface area contributed by atoms with Gasteiger partial charge in [-0.2, -0.15) is 0 Å². The van der Waals surface area contributed by atoms with Crippen LogP contribution in [0.1, 0.15) is 37.4 Å². The third-order valence-corrected chi connectivity index (χ3v) is 5.66. The van der Waals surface area contributed by atoms with Crippen molar-refractivity contribution in [3.63, 3.8) is 0 Å². The standard InChI is InChI=1S/C27H33N3O6/c1-4-14-30-19(2)24(26(32)36-16-15-34-3)25(29-27(30)33)21-10-12-22(13-11-21)28-23(31)18-35-17-20-8-6-5-7-9-20/h5-13,25H,4,14-18H2,1-3H3,(H,28,31)(H,29,33). The number of carbonyl (C=O) groups is 3. The van der Waals surface area contributed by atoms with Crippen LogP contribution in [0, 0.1) is 0 Å². The summed E-state index contributed by atoms with van der Waals surface area (Å²) in [5, 5.41) is 5.70. The van der Waals surface area contributed by atoms with Crippen molar-refractivity contribution in [3.8, 4) is 0 Å². The number of esters is 1. The van der Waals surface area contributed by atoms with Crippen LogP contribution >= 0.6 is 0 Å². The van der Waals surface area contributed by atoms with Gasteiger partial charge in [0.05, 0.1) is 24.8 Å². The van der Waals surface area contributed by atoms with Crippen molar-refractivity contribution in [1.82, 2.24) is 10.2 Å². The molecule has 0 aromatic heterocycles. The van der Waals surface area contributed by atoms with E-state index in [1.165, 1.54) is 7.11 Å². The molecule has 0 fully saturated rings. The van der Waals surface area contributed by atoms with Gasteiger partial charge in [-0.15, -0.1) is 0 Å². The molecule has 2 aromatic carbocycles. The lowest BCUT2D eigenvalue weighted by atomic mass is 9.94. The number of hydrogen-bond acceptors (Lipinski definition) is 6. The van der Waals surface area contributed by atoms with Gasteiger partial charge >= 0.3 is 12.0 Å². The van der Waals surface area contributed by atoms with Crippen LogP contribution in [0.3, 0.4) is 0 Å². The first-order valence-electron chi connectivity index (χ1n) is 11.9. The van der Waals surface area contributed by atoms with E-state index in [0.717, 1.165) is 12.0 Å². The van der Waals surface area contributed by atoms with E-state index in [-0.39, 0.29) is 31.8 Å². The van der Waals surface area contributed by atoms with E-state index >= 15 is 0 Å². The molecule has 1 aliphatic rings. The van der Waals surface area contributed by atoms with E-state index in [9.17, 15) is 14.4 Å². The Bertz CT molecular complexity index is 1070. The number of anilines is 1. The molecule has 3 amide bonds. The summed E-state index contributed by atoms with van der Waals surface area (Å²) in [5.41, 5.74) is 3.18. The molecule has 0 radical (unpaired) electrons. The van der Waals surface area contributed by atoms with Gasteiger partial charge < -0.3 is 24.8 Å². The fraction of sp³-hybridized carbons (Fsp3) is 0.370. The molecule has 0 saturated carbocycles. The van der Waals surface area contributed by atoms with Gasteiger partial charge in [-0.3, -0.25) is 9.69 Å². The van der Waals surface area contributed by atoms with Crippen molar-refractivity contribution >= 4 is 23.6 Å². The molecule has 0 aliphatic carbocycles. The van der Waals surface area contributed by atoms with E-state index in [4.69, 9.17) is 14.2 Å². The molecule has 1 heterocycles. The zero-order valence-corrected chi connectivity index (χ0v) is 20.9. The molecule has 1 atom stereocenters. The third kappa shape index (κ3) is 7.16. The molecule has 9 nitrogen and oxygen atoms in total. The Morgan fingerprint density at radius 3 is 2.44 bits per heavy atom. The zero-order chi connectivity index (χ0) is 25.9. The molecule has 2 N–H and O–H groups in total. The number of ether oxygens (including phenoxy) is 3. The van der Waals surface area contributed by atoms with Gasteiger partial charge in [0, 0.05) is 25.0 Å². The fourth-order valence-electron chi connectivity index (χ4n) is 3.88. The first-order chi connectivity index (χ1) is 17.4. The Morgan fingerprint density at radius 1 is 1.06 bits per heavy atom. The molecule has 36 heavy (non-hydrogen) atoms. The Kier molecular flexibility index (Phi) is 10.0. The highest BCUT2D eigenvalue weighted by Gasteiger charge is 2.36. The Hall–Kier alpha value is -3.69. The highest BCUT2D eigenvalue weighted by molar-refractivity contribution is 5.95. The first kappa shape index (κ1) is 26.9. The average Bonchev–Trinajstić information content (AvgIpc) is 2.87. The summed E-state index contributed by atoms with van der Waals surface area (Å²) in [5.74, 6) is -0.790. The molecule has 2 aromatic rings. The van der Waals surface area contributed by atoms with Crippen molar-refractivity contribution < 1.29 is 28.6 Å². The van der Waals surface area contributed by atoms with Crippen molar-refractivity contribution in [2.75, 3.05) is 38.8 Å². The first-order valence-corrected chi connectivity index (χ1v) is 11.9. The summed E-state index contributed by atoms with van der Waals surface area (Å²) < 4.78 is 15.8. The lowest BCUT2D eigenvalue weighted by Crippen LogP contribution is -2.48. The average molecular weight is 496 g/mol. The van der Waals surface area contributed by atoms with Crippen molar-refractivity contribution in [3.05, 3.63) is 77.0 Å². The highest BCUT2D eigenvalue weighted by Crippen LogP contribution is 2.32. The molecule has 9 heteroatoms. The van der Waals surface area contributed by atoms with Crippen molar-refractivity contribution in [1.29, 1.82) is 0 Å². The van der Waals surface area contributed by atoms with Crippen LogP contribution in [-0.4, -0.2) is 56.3 Å². The number of urea groups is 1. The monoisotopic (exact) mass is 495 g/mol. The highest BCUT2D eigenvalue weighted by atomic mass is 16.6. The summed E-state index contributed by atoms with van der Waals surface area (Å²) in [6.07, 6.45) is 0.741. The number of nitrogens with zero attached hydrogens (tertiary/aromatic N) is 1. The summed E-state index contributed by atoms with van der Waals surface area (Å²) in [7, 11) is 1.53. The van der Waals surface area contributed by atoms with Gasteiger partial charge in [0.15, 0.2) is 0 Å². The second kappa shape index (κ2) is 13.4. The summed E-state index contributed by atoms with van der Waals surface area (Å²) >= 11 is 0. The van der Waals surface area contributed by atoms with Crippen LogP contribution in [0.15, 0.2) is 65.9 Å². The van der Waals surface area contributed by atoms with E-state index in [0.29, 0.717) is 35.7 Å². The summed E-state index contributed by atoms with van der Waals surface area (Å²) in [6.45, 7) is 4.84. The van der Waals surface area contributed by atoms with Gasteiger partial charge in [0.25, 0.3) is 0 Å². The minimum absolute atomic E-state index is 0.0814. The molecule has 192 valence electrons. The quantitative estimate of drug-likeness (QED) is 0.343. The predicted molar refractivity (Wildman–Crippen MR) is 135 cm³/mol. The van der Waals surface area contributed by atoms with Gasteiger partial charge in [0.2, 0.25) is 5.91 Å². The second-order valence-corrected chi connectivity index (χ2v) is 8.31. The van der Waals surface area contributed by atoms with Crippen molar-refractivity contribution in [2.45, 2.75) is 32.9 Å². The van der Waals surface area contributed by atoms with Crippen LogP contribution in [0.2, 0.25) is 0 Å². The van der Waals surface area contributed by atoms with Crippen LogP contribution in [-0.2, 0) is 30.4 Å². The SMILES string of the molecule is CCCN1C(=O)NC(c2ccc(NC(=O)COCc3ccccc3)cc2)C(C(=O)OCCOC)=C1C. The maximum atomic E-state index is 13.0. The van der Waals surface area contributed by atoms with E-state index in [2.05, 4.69) is 10.6 Å². The number of hydrogen-bond donors (Lipinski definition) is 2. The van der Waals surface area contributed by atoms with E-state index < -0.39 is 12.0 Å².